The van der Waals surface area contributed by atoms with Crippen LogP contribution in [0.25, 0.3) is 11.3 Å². The molecule has 0 atom stereocenters. The molecule has 1 heterocycles. The topological polar surface area (TPSA) is 17.8 Å². The second-order valence-electron chi connectivity index (χ2n) is 4.16. The number of hydrogen-bond acceptors (Lipinski definition) is 2. The van der Waals surface area contributed by atoms with Gasteiger partial charge in [-0.15, -0.1) is 11.8 Å². The minimum absolute atomic E-state index is 0.759. The summed E-state index contributed by atoms with van der Waals surface area (Å²) in [6.45, 7) is 3.18. The molecule has 0 spiro atoms. The molecule has 0 saturated carbocycles. The normalized spacial score (nSPS) is 10.8. The number of rotatable bonds is 5. The van der Waals surface area contributed by atoms with Gasteiger partial charge >= 0.3 is 0 Å². The molecule has 0 amide bonds. The fourth-order valence-electron chi connectivity index (χ4n) is 1.79. The van der Waals surface area contributed by atoms with Crippen LogP contribution in [-0.2, 0) is 6.54 Å². The van der Waals surface area contributed by atoms with E-state index in [9.17, 15) is 0 Å². The first-order valence-corrected chi connectivity index (χ1v) is 7.72. The quantitative estimate of drug-likeness (QED) is 0.737. The van der Waals surface area contributed by atoms with Crippen molar-refractivity contribution in [2.75, 3.05) is 6.26 Å². The SMILES string of the molecule is CCCCn1nc(-c2ccc(Cl)cc2)cc1SC. The highest BCUT2D eigenvalue weighted by atomic mass is 35.5. The van der Waals surface area contributed by atoms with Gasteiger partial charge in [0.15, 0.2) is 0 Å². The predicted octanol–water partition coefficient (Wildman–Crippen LogP) is 4.73. The molecule has 0 fully saturated rings. The summed E-state index contributed by atoms with van der Waals surface area (Å²) >= 11 is 7.64. The summed E-state index contributed by atoms with van der Waals surface area (Å²) in [7, 11) is 0. The van der Waals surface area contributed by atoms with Crippen LogP contribution in [0, 0.1) is 0 Å². The lowest BCUT2D eigenvalue weighted by atomic mass is 10.2. The van der Waals surface area contributed by atoms with Gasteiger partial charge in [-0.25, -0.2) is 0 Å². The van der Waals surface area contributed by atoms with Crippen molar-refractivity contribution in [1.82, 2.24) is 9.78 Å². The standard InChI is InChI=1S/C14H17ClN2S/c1-3-4-9-17-14(18-2)10-13(16-17)11-5-7-12(15)8-6-11/h5-8,10H,3-4,9H2,1-2H3. The molecule has 2 aromatic rings. The van der Waals surface area contributed by atoms with Crippen molar-refractivity contribution >= 4 is 23.4 Å². The molecule has 0 aliphatic rings. The predicted molar refractivity (Wildman–Crippen MR) is 79.4 cm³/mol. The van der Waals surface area contributed by atoms with Crippen molar-refractivity contribution in [3.8, 4) is 11.3 Å². The average Bonchev–Trinajstić information content (AvgIpc) is 2.80. The van der Waals surface area contributed by atoms with E-state index in [-0.39, 0.29) is 0 Å². The molecule has 0 unspecified atom stereocenters. The number of unbranched alkanes of at least 4 members (excludes halogenated alkanes) is 1. The Morgan fingerprint density at radius 1 is 1.28 bits per heavy atom. The summed E-state index contributed by atoms with van der Waals surface area (Å²) in [5.74, 6) is 0. The Balaban J connectivity index is 2.28. The van der Waals surface area contributed by atoms with Crippen LogP contribution in [0.1, 0.15) is 19.8 Å². The van der Waals surface area contributed by atoms with E-state index in [1.807, 2.05) is 24.3 Å². The molecule has 0 bridgehead atoms. The maximum absolute atomic E-state index is 5.90. The van der Waals surface area contributed by atoms with Gasteiger partial charge in [-0.05, 0) is 30.9 Å². The van der Waals surface area contributed by atoms with Gasteiger partial charge in [0.25, 0.3) is 0 Å². The monoisotopic (exact) mass is 280 g/mol. The van der Waals surface area contributed by atoms with Crippen LogP contribution in [0.2, 0.25) is 5.02 Å². The number of benzene rings is 1. The van der Waals surface area contributed by atoms with E-state index in [0.29, 0.717) is 0 Å². The zero-order valence-corrected chi connectivity index (χ0v) is 12.3. The van der Waals surface area contributed by atoms with Gasteiger partial charge in [0.1, 0.15) is 0 Å². The van der Waals surface area contributed by atoms with E-state index in [1.165, 1.54) is 11.4 Å². The van der Waals surface area contributed by atoms with Gasteiger partial charge in [0.05, 0.1) is 10.7 Å². The molecule has 4 heteroatoms. The molecule has 1 aromatic carbocycles. The van der Waals surface area contributed by atoms with Gasteiger partial charge in [0, 0.05) is 17.1 Å². The largest absolute Gasteiger partial charge is 0.258 e. The molecule has 1 aromatic heterocycles. The maximum atomic E-state index is 5.90. The lowest BCUT2D eigenvalue weighted by molar-refractivity contribution is 0.535. The summed E-state index contributed by atoms with van der Waals surface area (Å²) in [6, 6.07) is 9.98. The number of thioether (sulfide) groups is 1. The lowest BCUT2D eigenvalue weighted by Gasteiger charge is -2.03. The summed E-state index contributed by atoms with van der Waals surface area (Å²) in [5.41, 5.74) is 2.14. The first-order valence-electron chi connectivity index (χ1n) is 6.12. The van der Waals surface area contributed by atoms with E-state index < -0.39 is 0 Å². The molecule has 2 nitrogen and oxygen atoms in total. The summed E-state index contributed by atoms with van der Waals surface area (Å²) in [6.07, 6.45) is 4.43. The minimum atomic E-state index is 0.759. The molecular formula is C14H17ClN2S. The van der Waals surface area contributed by atoms with Gasteiger partial charge in [0.2, 0.25) is 0 Å². The Hall–Kier alpha value is -0.930. The van der Waals surface area contributed by atoms with Crippen LogP contribution in [0.5, 0.6) is 0 Å². The Morgan fingerprint density at radius 2 is 2.00 bits per heavy atom. The highest BCUT2D eigenvalue weighted by Gasteiger charge is 2.08. The Kier molecular flexibility index (Phi) is 4.72. The van der Waals surface area contributed by atoms with Crippen LogP contribution in [0.3, 0.4) is 0 Å². The number of hydrogen-bond donors (Lipinski definition) is 0. The van der Waals surface area contributed by atoms with E-state index in [2.05, 4.69) is 29.0 Å². The van der Waals surface area contributed by atoms with Gasteiger partial charge in [-0.2, -0.15) is 5.10 Å². The molecule has 0 saturated heterocycles. The van der Waals surface area contributed by atoms with E-state index in [1.54, 1.807) is 11.8 Å². The van der Waals surface area contributed by atoms with Crippen molar-refractivity contribution in [3.63, 3.8) is 0 Å². The second-order valence-corrected chi connectivity index (χ2v) is 5.42. The Morgan fingerprint density at radius 3 is 2.61 bits per heavy atom. The number of halogens is 1. The van der Waals surface area contributed by atoms with Gasteiger partial charge < -0.3 is 0 Å². The molecule has 2 rings (SSSR count). The zero-order chi connectivity index (χ0) is 13.0. The fraction of sp³-hybridized carbons (Fsp3) is 0.357. The number of nitrogens with zero attached hydrogens (tertiary/aromatic N) is 2. The van der Waals surface area contributed by atoms with E-state index in [4.69, 9.17) is 11.6 Å². The smallest absolute Gasteiger partial charge is 0.0943 e. The van der Waals surface area contributed by atoms with Crippen LogP contribution >= 0.6 is 23.4 Å². The third kappa shape index (κ3) is 3.09. The molecule has 0 N–H and O–H groups in total. The summed E-state index contributed by atoms with van der Waals surface area (Å²) in [4.78, 5) is 0. The Labute approximate surface area is 117 Å². The van der Waals surface area contributed by atoms with Crippen molar-refractivity contribution in [2.24, 2.45) is 0 Å². The highest BCUT2D eigenvalue weighted by Crippen LogP contribution is 2.25. The van der Waals surface area contributed by atoms with Crippen molar-refractivity contribution < 1.29 is 0 Å². The first-order chi connectivity index (χ1) is 8.74. The molecular weight excluding hydrogens is 264 g/mol. The fourth-order valence-corrected chi connectivity index (χ4v) is 2.49. The molecule has 0 aliphatic carbocycles. The highest BCUT2D eigenvalue weighted by molar-refractivity contribution is 7.98. The van der Waals surface area contributed by atoms with Crippen LogP contribution in [-0.4, -0.2) is 16.0 Å². The van der Waals surface area contributed by atoms with Crippen LogP contribution in [0.15, 0.2) is 35.4 Å². The number of aryl methyl sites for hydroxylation is 1. The summed E-state index contributed by atoms with van der Waals surface area (Å²) < 4.78 is 2.10. The minimum Gasteiger partial charge on any atom is -0.258 e. The third-order valence-electron chi connectivity index (χ3n) is 2.82. The van der Waals surface area contributed by atoms with Crippen LogP contribution in [0.4, 0.5) is 0 Å². The van der Waals surface area contributed by atoms with E-state index in [0.717, 1.165) is 29.2 Å². The Bertz CT molecular complexity index is 505. The molecule has 18 heavy (non-hydrogen) atoms. The molecule has 96 valence electrons. The van der Waals surface area contributed by atoms with E-state index >= 15 is 0 Å². The van der Waals surface area contributed by atoms with Crippen molar-refractivity contribution in [3.05, 3.63) is 35.4 Å². The van der Waals surface area contributed by atoms with Gasteiger partial charge in [-0.3, -0.25) is 4.68 Å². The average molecular weight is 281 g/mol. The van der Waals surface area contributed by atoms with Crippen molar-refractivity contribution in [2.45, 2.75) is 31.3 Å². The number of aromatic nitrogens is 2. The second kappa shape index (κ2) is 6.30. The first kappa shape index (κ1) is 13.5. The zero-order valence-electron chi connectivity index (χ0n) is 10.7. The molecule has 0 radical (unpaired) electrons. The summed E-state index contributed by atoms with van der Waals surface area (Å²) in [5, 5.41) is 6.65. The van der Waals surface area contributed by atoms with Crippen LogP contribution < -0.4 is 0 Å². The van der Waals surface area contributed by atoms with Crippen molar-refractivity contribution in [1.29, 1.82) is 0 Å². The van der Waals surface area contributed by atoms with Gasteiger partial charge in [-0.1, -0.05) is 37.1 Å². The lowest BCUT2D eigenvalue weighted by Crippen LogP contribution is -2.01. The maximum Gasteiger partial charge on any atom is 0.0943 e. The third-order valence-corrected chi connectivity index (χ3v) is 3.81. The molecule has 0 aliphatic heterocycles.